The third kappa shape index (κ3) is 3.62. The smallest absolute Gasteiger partial charge is 0.250 e. The van der Waals surface area contributed by atoms with Crippen molar-refractivity contribution in [2.24, 2.45) is 17.4 Å². The second kappa shape index (κ2) is 6.92. The molecule has 7 heteroatoms. The molecule has 0 heterocycles. The van der Waals surface area contributed by atoms with Crippen molar-refractivity contribution in [1.82, 2.24) is 0 Å². The van der Waals surface area contributed by atoms with Crippen LogP contribution in [0.5, 0.6) is 0 Å². The molecule has 0 radical (unpaired) electrons. The van der Waals surface area contributed by atoms with Crippen LogP contribution in [0, 0.1) is 5.92 Å². The fourth-order valence-electron chi connectivity index (χ4n) is 2.34. The SMILES string of the molecule is Cl.NC(=O)c1cc(NC(=O)C2CCCC2N)ccc1Cl. The Balaban J connectivity index is 0.00000200. The Bertz CT molecular complexity index is 522. The summed E-state index contributed by atoms with van der Waals surface area (Å²) >= 11 is 5.84. The highest BCUT2D eigenvalue weighted by atomic mass is 35.5. The van der Waals surface area contributed by atoms with Crippen molar-refractivity contribution >= 4 is 41.5 Å². The van der Waals surface area contributed by atoms with Crippen LogP contribution in [0.2, 0.25) is 5.02 Å². The Hall–Kier alpha value is -1.30. The van der Waals surface area contributed by atoms with Gasteiger partial charge in [-0.3, -0.25) is 9.59 Å². The number of primary amides is 1. The van der Waals surface area contributed by atoms with Gasteiger partial charge in [-0.05, 0) is 31.0 Å². The maximum Gasteiger partial charge on any atom is 0.250 e. The van der Waals surface area contributed by atoms with E-state index in [9.17, 15) is 9.59 Å². The van der Waals surface area contributed by atoms with Crippen molar-refractivity contribution in [3.05, 3.63) is 28.8 Å². The molecular formula is C13H17Cl2N3O2. The first-order valence-electron chi connectivity index (χ1n) is 6.15. The topological polar surface area (TPSA) is 98.2 Å². The number of hydrogen-bond donors (Lipinski definition) is 3. The van der Waals surface area contributed by atoms with Gasteiger partial charge in [-0.2, -0.15) is 0 Å². The summed E-state index contributed by atoms with van der Waals surface area (Å²) in [7, 11) is 0. The average molecular weight is 318 g/mol. The number of anilines is 1. The Labute approximate surface area is 128 Å². The third-order valence-electron chi connectivity index (χ3n) is 3.41. The summed E-state index contributed by atoms with van der Waals surface area (Å²) in [4.78, 5) is 23.2. The van der Waals surface area contributed by atoms with Crippen molar-refractivity contribution < 1.29 is 9.59 Å². The molecule has 0 saturated heterocycles. The first-order valence-corrected chi connectivity index (χ1v) is 6.52. The molecule has 1 aromatic carbocycles. The van der Waals surface area contributed by atoms with E-state index in [1.807, 2.05) is 0 Å². The lowest BCUT2D eigenvalue weighted by Crippen LogP contribution is -2.34. The molecule has 1 saturated carbocycles. The molecule has 0 aromatic heterocycles. The summed E-state index contributed by atoms with van der Waals surface area (Å²) in [5, 5.41) is 3.02. The predicted molar refractivity (Wildman–Crippen MR) is 81.2 cm³/mol. The molecule has 1 aliphatic rings. The summed E-state index contributed by atoms with van der Waals surface area (Å²) in [6, 6.07) is 4.55. The predicted octanol–water partition coefficient (Wildman–Crippen LogP) is 1.93. The first-order chi connectivity index (χ1) is 8.99. The van der Waals surface area contributed by atoms with E-state index in [-0.39, 0.29) is 40.9 Å². The monoisotopic (exact) mass is 317 g/mol. The molecule has 5 N–H and O–H groups in total. The van der Waals surface area contributed by atoms with Crippen molar-refractivity contribution in [2.75, 3.05) is 5.32 Å². The number of nitrogens with two attached hydrogens (primary N) is 2. The zero-order chi connectivity index (χ0) is 14.0. The van der Waals surface area contributed by atoms with E-state index in [1.165, 1.54) is 12.1 Å². The summed E-state index contributed by atoms with van der Waals surface area (Å²) in [5.74, 6) is -0.922. The molecule has 110 valence electrons. The van der Waals surface area contributed by atoms with Crippen molar-refractivity contribution in [3.63, 3.8) is 0 Å². The van der Waals surface area contributed by atoms with E-state index < -0.39 is 5.91 Å². The highest BCUT2D eigenvalue weighted by Gasteiger charge is 2.30. The van der Waals surface area contributed by atoms with Crippen LogP contribution in [-0.2, 0) is 4.79 Å². The second-order valence-corrected chi connectivity index (χ2v) is 5.16. The van der Waals surface area contributed by atoms with Crippen LogP contribution in [0.3, 0.4) is 0 Å². The van der Waals surface area contributed by atoms with Gasteiger partial charge in [-0.1, -0.05) is 18.0 Å². The molecule has 0 spiro atoms. The molecule has 1 aromatic rings. The van der Waals surface area contributed by atoms with Gasteiger partial charge in [0.1, 0.15) is 0 Å². The molecular weight excluding hydrogens is 301 g/mol. The number of rotatable bonds is 3. The number of carbonyl (C=O) groups is 2. The zero-order valence-corrected chi connectivity index (χ0v) is 12.3. The summed E-state index contributed by atoms with van der Waals surface area (Å²) in [6.07, 6.45) is 2.63. The van der Waals surface area contributed by atoms with Crippen LogP contribution in [0.15, 0.2) is 18.2 Å². The van der Waals surface area contributed by atoms with E-state index in [0.29, 0.717) is 5.69 Å². The molecule has 2 rings (SSSR count). The quantitative estimate of drug-likeness (QED) is 0.794. The van der Waals surface area contributed by atoms with E-state index in [1.54, 1.807) is 6.07 Å². The lowest BCUT2D eigenvalue weighted by molar-refractivity contribution is -0.120. The van der Waals surface area contributed by atoms with Gasteiger partial charge < -0.3 is 16.8 Å². The Kier molecular flexibility index (Phi) is 5.80. The minimum absolute atomic E-state index is 0. The summed E-state index contributed by atoms with van der Waals surface area (Å²) in [5.41, 5.74) is 11.8. The molecule has 1 aliphatic carbocycles. The Morgan fingerprint density at radius 1 is 1.30 bits per heavy atom. The normalized spacial score (nSPS) is 21.1. The van der Waals surface area contributed by atoms with E-state index in [2.05, 4.69) is 5.32 Å². The van der Waals surface area contributed by atoms with Crippen LogP contribution < -0.4 is 16.8 Å². The molecule has 2 unspecified atom stereocenters. The van der Waals surface area contributed by atoms with Gasteiger partial charge in [0.15, 0.2) is 0 Å². The Morgan fingerprint density at radius 3 is 2.55 bits per heavy atom. The van der Waals surface area contributed by atoms with E-state index >= 15 is 0 Å². The largest absolute Gasteiger partial charge is 0.366 e. The lowest BCUT2D eigenvalue weighted by Gasteiger charge is -2.15. The lowest BCUT2D eigenvalue weighted by atomic mass is 10.0. The molecule has 0 aliphatic heterocycles. The van der Waals surface area contributed by atoms with Crippen LogP contribution in [0.1, 0.15) is 29.6 Å². The van der Waals surface area contributed by atoms with Gasteiger partial charge in [0, 0.05) is 11.7 Å². The fourth-order valence-corrected chi connectivity index (χ4v) is 2.55. The summed E-state index contributed by atoms with van der Waals surface area (Å²) < 4.78 is 0. The van der Waals surface area contributed by atoms with E-state index in [0.717, 1.165) is 19.3 Å². The highest BCUT2D eigenvalue weighted by molar-refractivity contribution is 6.34. The maximum absolute atomic E-state index is 12.1. The number of carbonyl (C=O) groups excluding carboxylic acids is 2. The number of benzene rings is 1. The zero-order valence-electron chi connectivity index (χ0n) is 10.8. The number of halogens is 2. The van der Waals surface area contributed by atoms with Gasteiger partial charge in [0.2, 0.25) is 11.8 Å². The van der Waals surface area contributed by atoms with E-state index in [4.69, 9.17) is 23.1 Å². The molecule has 20 heavy (non-hydrogen) atoms. The maximum atomic E-state index is 12.1. The van der Waals surface area contributed by atoms with Gasteiger partial charge in [-0.25, -0.2) is 0 Å². The van der Waals surface area contributed by atoms with Crippen molar-refractivity contribution in [2.45, 2.75) is 25.3 Å². The summed E-state index contributed by atoms with van der Waals surface area (Å²) in [6.45, 7) is 0. The van der Waals surface area contributed by atoms with Gasteiger partial charge in [0.05, 0.1) is 16.5 Å². The number of nitrogens with one attached hydrogen (secondary N) is 1. The molecule has 5 nitrogen and oxygen atoms in total. The minimum atomic E-state index is -0.626. The van der Waals surface area contributed by atoms with Crippen LogP contribution in [0.25, 0.3) is 0 Å². The molecule has 2 atom stereocenters. The second-order valence-electron chi connectivity index (χ2n) is 4.75. The number of amides is 2. The van der Waals surface area contributed by atoms with Gasteiger partial charge in [0.25, 0.3) is 0 Å². The van der Waals surface area contributed by atoms with Gasteiger partial charge in [-0.15, -0.1) is 12.4 Å². The highest BCUT2D eigenvalue weighted by Crippen LogP contribution is 2.26. The minimum Gasteiger partial charge on any atom is -0.366 e. The first kappa shape index (κ1) is 16.8. The Morgan fingerprint density at radius 2 is 2.00 bits per heavy atom. The standard InChI is InChI=1S/C13H16ClN3O2.ClH/c14-10-5-4-7(6-9(10)12(16)18)17-13(19)8-2-1-3-11(8)15;/h4-6,8,11H,1-3,15H2,(H2,16,18)(H,17,19);1H. The van der Waals surface area contributed by atoms with Crippen LogP contribution in [0.4, 0.5) is 5.69 Å². The fraction of sp³-hybridized carbons (Fsp3) is 0.385. The van der Waals surface area contributed by atoms with Crippen molar-refractivity contribution in [3.8, 4) is 0 Å². The van der Waals surface area contributed by atoms with Crippen LogP contribution in [-0.4, -0.2) is 17.9 Å². The number of hydrogen-bond acceptors (Lipinski definition) is 3. The van der Waals surface area contributed by atoms with Crippen LogP contribution >= 0.6 is 24.0 Å². The average Bonchev–Trinajstić information content (AvgIpc) is 2.77. The molecule has 1 fully saturated rings. The molecule has 2 amide bonds. The van der Waals surface area contributed by atoms with Crippen molar-refractivity contribution in [1.29, 1.82) is 0 Å². The third-order valence-corrected chi connectivity index (χ3v) is 3.74. The van der Waals surface area contributed by atoms with Gasteiger partial charge >= 0.3 is 0 Å². The molecule has 0 bridgehead atoms.